The summed E-state index contributed by atoms with van der Waals surface area (Å²) in [6.45, 7) is 6.78. The highest BCUT2D eigenvalue weighted by atomic mass is 19.1. The van der Waals surface area contributed by atoms with Gasteiger partial charge in [0.2, 0.25) is 0 Å². The van der Waals surface area contributed by atoms with Crippen molar-refractivity contribution < 1.29 is 4.39 Å². The Kier molecular flexibility index (Phi) is 4.27. The smallest absolute Gasteiger partial charge is 0.147 e. The van der Waals surface area contributed by atoms with Gasteiger partial charge in [0.05, 0.1) is 6.54 Å². The van der Waals surface area contributed by atoms with E-state index in [4.69, 9.17) is 0 Å². The molecule has 102 valence electrons. The molecule has 4 nitrogen and oxygen atoms in total. The van der Waals surface area contributed by atoms with Crippen LogP contribution in [0.4, 0.5) is 4.39 Å². The molecule has 0 aliphatic carbocycles. The third-order valence-corrected chi connectivity index (χ3v) is 3.12. The summed E-state index contributed by atoms with van der Waals surface area (Å²) in [7, 11) is 0. The van der Waals surface area contributed by atoms with Crippen LogP contribution in [0.5, 0.6) is 0 Å². The molecule has 0 aliphatic heterocycles. The van der Waals surface area contributed by atoms with Crippen LogP contribution in [0.1, 0.15) is 44.2 Å². The Morgan fingerprint density at radius 1 is 1.32 bits per heavy atom. The molecule has 0 bridgehead atoms. The molecule has 1 aromatic heterocycles. The Labute approximate surface area is 112 Å². The summed E-state index contributed by atoms with van der Waals surface area (Å²) in [6, 6.07) is 7.02. The van der Waals surface area contributed by atoms with E-state index >= 15 is 0 Å². The van der Waals surface area contributed by atoms with Crippen LogP contribution in [0.3, 0.4) is 0 Å². The largest absolute Gasteiger partial charge is 0.314 e. The molecular formula is C14H19FN4. The monoisotopic (exact) mass is 262 g/mol. The first kappa shape index (κ1) is 13.7. The van der Waals surface area contributed by atoms with Crippen molar-refractivity contribution in [3.63, 3.8) is 0 Å². The number of halogens is 1. The van der Waals surface area contributed by atoms with Gasteiger partial charge in [0.1, 0.15) is 18.0 Å². The molecule has 0 radical (unpaired) electrons. The SMILES string of the molecule is CC(C)n1cnnc1CN[C@H](C)c1cccc(F)c1. The van der Waals surface area contributed by atoms with Crippen molar-refractivity contribution in [3.05, 3.63) is 47.8 Å². The van der Waals surface area contributed by atoms with E-state index < -0.39 is 0 Å². The Bertz CT molecular complexity index is 536. The summed E-state index contributed by atoms with van der Waals surface area (Å²) in [5.41, 5.74) is 0.926. The number of benzene rings is 1. The first-order valence-electron chi connectivity index (χ1n) is 6.45. The van der Waals surface area contributed by atoms with Gasteiger partial charge in [-0.15, -0.1) is 10.2 Å². The van der Waals surface area contributed by atoms with Gasteiger partial charge in [-0.1, -0.05) is 12.1 Å². The fraction of sp³-hybridized carbons (Fsp3) is 0.429. The molecule has 1 N–H and O–H groups in total. The van der Waals surface area contributed by atoms with E-state index in [2.05, 4.69) is 29.4 Å². The summed E-state index contributed by atoms with van der Waals surface area (Å²) < 4.78 is 15.2. The fourth-order valence-corrected chi connectivity index (χ4v) is 1.96. The number of rotatable bonds is 5. The maximum Gasteiger partial charge on any atom is 0.147 e. The van der Waals surface area contributed by atoms with Crippen LogP contribution < -0.4 is 5.32 Å². The lowest BCUT2D eigenvalue weighted by molar-refractivity contribution is 0.507. The molecule has 0 amide bonds. The van der Waals surface area contributed by atoms with Crippen molar-refractivity contribution in [2.24, 2.45) is 0 Å². The highest BCUT2D eigenvalue weighted by molar-refractivity contribution is 5.19. The molecule has 5 heteroatoms. The maximum atomic E-state index is 13.2. The molecule has 19 heavy (non-hydrogen) atoms. The predicted molar refractivity (Wildman–Crippen MR) is 72.1 cm³/mol. The Morgan fingerprint density at radius 2 is 2.11 bits per heavy atom. The lowest BCUT2D eigenvalue weighted by Crippen LogP contribution is -2.21. The van der Waals surface area contributed by atoms with Gasteiger partial charge in [-0.3, -0.25) is 0 Å². The predicted octanol–water partition coefficient (Wildman–Crippen LogP) is 2.85. The van der Waals surface area contributed by atoms with Crippen LogP contribution in [-0.4, -0.2) is 14.8 Å². The minimum Gasteiger partial charge on any atom is -0.314 e. The average molecular weight is 262 g/mol. The first-order chi connectivity index (χ1) is 9.08. The van der Waals surface area contributed by atoms with Crippen molar-refractivity contribution in [2.45, 2.75) is 39.4 Å². The standard InChI is InChI=1S/C14H19FN4/c1-10(2)19-9-17-18-14(19)8-16-11(3)12-5-4-6-13(15)7-12/h4-7,9-11,16H,8H2,1-3H3/t11-/m1/s1. The van der Waals surface area contributed by atoms with Crippen LogP contribution >= 0.6 is 0 Å². The lowest BCUT2D eigenvalue weighted by Gasteiger charge is -2.15. The molecule has 0 fully saturated rings. The minimum absolute atomic E-state index is 0.0630. The molecule has 0 unspecified atom stereocenters. The number of nitrogens with zero attached hydrogens (tertiary/aromatic N) is 3. The van der Waals surface area contributed by atoms with Gasteiger partial charge < -0.3 is 9.88 Å². The van der Waals surface area contributed by atoms with Gasteiger partial charge in [0.15, 0.2) is 0 Å². The third-order valence-electron chi connectivity index (χ3n) is 3.12. The molecule has 0 spiro atoms. The first-order valence-corrected chi connectivity index (χ1v) is 6.45. The second-order valence-electron chi connectivity index (χ2n) is 4.91. The number of aromatic nitrogens is 3. The van der Waals surface area contributed by atoms with Gasteiger partial charge in [-0.2, -0.15) is 0 Å². The van der Waals surface area contributed by atoms with E-state index in [0.717, 1.165) is 11.4 Å². The van der Waals surface area contributed by atoms with Crippen molar-refractivity contribution >= 4 is 0 Å². The second-order valence-corrected chi connectivity index (χ2v) is 4.91. The molecular weight excluding hydrogens is 243 g/mol. The molecule has 1 heterocycles. The lowest BCUT2D eigenvalue weighted by atomic mass is 10.1. The van der Waals surface area contributed by atoms with Crippen LogP contribution in [0.15, 0.2) is 30.6 Å². The molecule has 1 aromatic carbocycles. The number of nitrogens with one attached hydrogen (secondary N) is 1. The highest BCUT2D eigenvalue weighted by Gasteiger charge is 2.10. The van der Waals surface area contributed by atoms with E-state index in [1.807, 2.05) is 17.6 Å². The summed E-state index contributed by atoms with van der Waals surface area (Å²) in [5, 5.41) is 11.4. The fourth-order valence-electron chi connectivity index (χ4n) is 1.96. The molecule has 1 atom stereocenters. The van der Waals surface area contributed by atoms with Crippen molar-refractivity contribution in [1.29, 1.82) is 0 Å². The normalized spacial score (nSPS) is 12.9. The maximum absolute atomic E-state index is 13.2. The highest BCUT2D eigenvalue weighted by Crippen LogP contribution is 2.14. The van der Waals surface area contributed by atoms with E-state index in [1.54, 1.807) is 18.5 Å². The summed E-state index contributed by atoms with van der Waals surface area (Å²) in [6.07, 6.45) is 1.73. The van der Waals surface area contributed by atoms with Crippen LogP contribution in [0, 0.1) is 5.82 Å². The van der Waals surface area contributed by atoms with E-state index in [0.29, 0.717) is 12.6 Å². The van der Waals surface area contributed by atoms with Gasteiger partial charge in [-0.05, 0) is 38.5 Å². The van der Waals surface area contributed by atoms with Crippen molar-refractivity contribution in [3.8, 4) is 0 Å². The third kappa shape index (κ3) is 3.38. The Morgan fingerprint density at radius 3 is 2.79 bits per heavy atom. The van der Waals surface area contributed by atoms with Crippen LogP contribution in [0.25, 0.3) is 0 Å². The van der Waals surface area contributed by atoms with Crippen molar-refractivity contribution in [2.75, 3.05) is 0 Å². The van der Waals surface area contributed by atoms with Crippen LogP contribution in [0.2, 0.25) is 0 Å². The molecule has 2 aromatic rings. The molecule has 0 saturated carbocycles. The minimum atomic E-state index is -0.212. The summed E-state index contributed by atoms with van der Waals surface area (Å²) in [5.74, 6) is 0.676. The average Bonchev–Trinajstić information content (AvgIpc) is 2.84. The number of hydrogen-bond acceptors (Lipinski definition) is 3. The van der Waals surface area contributed by atoms with Crippen LogP contribution in [-0.2, 0) is 6.54 Å². The second kappa shape index (κ2) is 5.93. The summed E-state index contributed by atoms with van der Waals surface area (Å²) >= 11 is 0. The topological polar surface area (TPSA) is 42.7 Å². The van der Waals surface area contributed by atoms with E-state index in [-0.39, 0.29) is 11.9 Å². The Hall–Kier alpha value is -1.75. The summed E-state index contributed by atoms with van der Waals surface area (Å²) in [4.78, 5) is 0. The zero-order valence-electron chi connectivity index (χ0n) is 11.5. The zero-order valence-corrected chi connectivity index (χ0v) is 11.5. The van der Waals surface area contributed by atoms with Crippen molar-refractivity contribution in [1.82, 2.24) is 20.1 Å². The van der Waals surface area contributed by atoms with Gasteiger partial charge in [0, 0.05) is 12.1 Å². The Balaban J connectivity index is 2.00. The quantitative estimate of drug-likeness (QED) is 0.901. The number of hydrogen-bond donors (Lipinski definition) is 1. The van der Waals surface area contributed by atoms with Gasteiger partial charge in [-0.25, -0.2) is 4.39 Å². The van der Waals surface area contributed by atoms with E-state index in [9.17, 15) is 4.39 Å². The van der Waals surface area contributed by atoms with Gasteiger partial charge in [0.25, 0.3) is 0 Å². The van der Waals surface area contributed by atoms with Gasteiger partial charge >= 0.3 is 0 Å². The molecule has 2 rings (SSSR count). The van der Waals surface area contributed by atoms with E-state index in [1.165, 1.54) is 6.07 Å². The molecule has 0 saturated heterocycles. The zero-order chi connectivity index (χ0) is 13.8. The molecule has 0 aliphatic rings.